The predicted molar refractivity (Wildman–Crippen MR) is 79.5 cm³/mol. The summed E-state index contributed by atoms with van der Waals surface area (Å²) in [5.74, 6) is -1.49. The molecule has 0 aromatic heterocycles. The van der Waals surface area contributed by atoms with Gasteiger partial charge < -0.3 is 5.32 Å². The van der Waals surface area contributed by atoms with Gasteiger partial charge in [-0.2, -0.15) is 17.5 Å². The molecule has 4 nitrogen and oxygen atoms in total. The number of benzene rings is 1. The number of nitrogens with zero attached hydrogens (tertiary/aromatic N) is 1. The molecular formula is C13H17ClF4N2O2S. The van der Waals surface area contributed by atoms with E-state index < -0.39 is 32.5 Å². The summed E-state index contributed by atoms with van der Waals surface area (Å²) in [6.45, 7) is 0.430. The van der Waals surface area contributed by atoms with Gasteiger partial charge in [0.25, 0.3) is 0 Å². The van der Waals surface area contributed by atoms with Gasteiger partial charge in [-0.3, -0.25) is 0 Å². The summed E-state index contributed by atoms with van der Waals surface area (Å²) in [6.07, 6.45) is -3.79. The first-order valence-corrected chi connectivity index (χ1v) is 8.14. The molecular weight excluding hydrogens is 360 g/mol. The summed E-state index contributed by atoms with van der Waals surface area (Å²) in [5.41, 5.74) is -1.57. The summed E-state index contributed by atoms with van der Waals surface area (Å²) in [4.78, 5) is -0.538. The van der Waals surface area contributed by atoms with Gasteiger partial charge in [0.1, 0.15) is 5.82 Å². The lowest BCUT2D eigenvalue weighted by Gasteiger charge is -2.31. The zero-order chi connectivity index (χ0) is 16.5. The van der Waals surface area contributed by atoms with Crippen molar-refractivity contribution in [2.45, 2.75) is 30.0 Å². The lowest BCUT2D eigenvalue weighted by atomic mass is 10.1. The minimum Gasteiger partial charge on any atom is -0.317 e. The van der Waals surface area contributed by atoms with Crippen LogP contribution in [0.2, 0.25) is 0 Å². The van der Waals surface area contributed by atoms with Gasteiger partial charge in [0.05, 0.1) is 10.5 Å². The first kappa shape index (κ1) is 20.1. The van der Waals surface area contributed by atoms with Gasteiger partial charge in [-0.25, -0.2) is 12.8 Å². The van der Waals surface area contributed by atoms with Gasteiger partial charge in [-0.1, -0.05) is 0 Å². The molecule has 1 fully saturated rings. The van der Waals surface area contributed by atoms with Gasteiger partial charge >= 0.3 is 6.18 Å². The minimum absolute atomic E-state index is 0. The smallest absolute Gasteiger partial charge is 0.317 e. The molecule has 1 aliphatic rings. The second kappa shape index (κ2) is 7.33. The van der Waals surface area contributed by atoms with Crippen LogP contribution in [0.5, 0.6) is 0 Å². The average molecular weight is 377 g/mol. The van der Waals surface area contributed by atoms with Crippen LogP contribution >= 0.6 is 12.4 Å². The van der Waals surface area contributed by atoms with Crippen molar-refractivity contribution >= 4 is 22.4 Å². The van der Waals surface area contributed by atoms with Gasteiger partial charge in [0.15, 0.2) is 0 Å². The second-order valence-corrected chi connectivity index (χ2v) is 7.04. The number of nitrogens with one attached hydrogen (secondary N) is 1. The van der Waals surface area contributed by atoms with Crippen molar-refractivity contribution in [2.75, 3.05) is 20.1 Å². The number of rotatable bonds is 3. The zero-order valence-corrected chi connectivity index (χ0v) is 13.9. The van der Waals surface area contributed by atoms with E-state index in [9.17, 15) is 26.0 Å². The molecule has 0 radical (unpaired) electrons. The molecule has 0 spiro atoms. The Hall–Kier alpha value is -0.900. The molecule has 0 atom stereocenters. The van der Waals surface area contributed by atoms with E-state index in [-0.39, 0.29) is 31.5 Å². The molecule has 0 amide bonds. The fraction of sp³-hybridized carbons (Fsp3) is 0.538. The summed E-state index contributed by atoms with van der Waals surface area (Å²) in [7, 11) is -2.29. The highest BCUT2D eigenvalue weighted by Gasteiger charge is 2.36. The maximum Gasteiger partial charge on any atom is 0.419 e. The normalized spacial score (nSPS) is 17.8. The van der Waals surface area contributed by atoms with Crippen LogP contribution in [0.1, 0.15) is 18.4 Å². The fourth-order valence-corrected chi connectivity index (χ4v) is 3.91. The van der Waals surface area contributed by atoms with Gasteiger partial charge in [-0.05, 0) is 38.1 Å². The Morgan fingerprint density at radius 1 is 1.22 bits per heavy atom. The molecule has 2 rings (SSSR count). The monoisotopic (exact) mass is 376 g/mol. The third kappa shape index (κ3) is 4.34. The average Bonchev–Trinajstić information content (AvgIpc) is 2.46. The Bertz CT molecular complexity index is 644. The number of hydrogen-bond donors (Lipinski definition) is 1. The van der Waals surface area contributed by atoms with Crippen LogP contribution in [0.3, 0.4) is 0 Å². The van der Waals surface area contributed by atoms with E-state index in [2.05, 4.69) is 5.32 Å². The molecule has 10 heteroatoms. The number of hydrogen-bond acceptors (Lipinski definition) is 3. The molecule has 1 aliphatic heterocycles. The van der Waals surface area contributed by atoms with Gasteiger partial charge in [-0.15, -0.1) is 12.4 Å². The van der Waals surface area contributed by atoms with E-state index in [1.807, 2.05) is 0 Å². The number of alkyl halides is 3. The van der Waals surface area contributed by atoms with Crippen LogP contribution < -0.4 is 5.32 Å². The lowest BCUT2D eigenvalue weighted by Crippen LogP contribution is -2.43. The Balaban J connectivity index is 0.00000264. The highest BCUT2D eigenvalue weighted by Crippen LogP contribution is 2.33. The maximum atomic E-state index is 13.3. The first-order valence-electron chi connectivity index (χ1n) is 6.70. The standard InChI is InChI=1S/C13H16F4N2O2S.ClH/c1-18-9-4-6-19(7-5-9)22(20,21)10-2-3-12(14)11(8-10)13(15,16)17;/h2-3,8-9,18H,4-7H2,1H3;1H. The Morgan fingerprint density at radius 2 is 1.78 bits per heavy atom. The highest BCUT2D eigenvalue weighted by atomic mass is 35.5. The Labute approximate surface area is 138 Å². The zero-order valence-electron chi connectivity index (χ0n) is 12.2. The summed E-state index contributed by atoms with van der Waals surface area (Å²) < 4.78 is 77.3. The fourth-order valence-electron chi connectivity index (χ4n) is 2.42. The molecule has 1 aromatic carbocycles. The van der Waals surface area contributed by atoms with Crippen LogP contribution in [0.15, 0.2) is 23.1 Å². The van der Waals surface area contributed by atoms with Crippen molar-refractivity contribution < 1.29 is 26.0 Å². The molecule has 1 aromatic rings. The Morgan fingerprint density at radius 3 is 2.26 bits per heavy atom. The first-order chi connectivity index (χ1) is 10.2. The van der Waals surface area contributed by atoms with Crippen LogP contribution in [0.25, 0.3) is 0 Å². The SMILES string of the molecule is CNC1CCN(S(=O)(=O)c2ccc(F)c(C(F)(F)F)c2)CC1.Cl. The van der Waals surface area contributed by atoms with E-state index in [1.54, 1.807) is 7.05 Å². The van der Waals surface area contributed by atoms with Crippen LogP contribution in [-0.2, 0) is 16.2 Å². The predicted octanol–water partition coefficient (Wildman–Crippen LogP) is 2.64. The molecule has 0 unspecified atom stereocenters. The molecule has 132 valence electrons. The molecule has 0 saturated carbocycles. The topological polar surface area (TPSA) is 49.4 Å². The molecule has 1 heterocycles. The summed E-state index contributed by atoms with van der Waals surface area (Å²) >= 11 is 0. The van der Waals surface area contributed by atoms with Crippen LogP contribution in [0, 0.1) is 5.82 Å². The highest BCUT2D eigenvalue weighted by molar-refractivity contribution is 7.89. The van der Waals surface area contributed by atoms with Gasteiger partial charge in [0, 0.05) is 19.1 Å². The number of sulfonamides is 1. The largest absolute Gasteiger partial charge is 0.419 e. The van der Waals surface area contributed by atoms with Gasteiger partial charge in [0.2, 0.25) is 10.0 Å². The van der Waals surface area contributed by atoms with Crippen molar-refractivity contribution in [1.82, 2.24) is 9.62 Å². The van der Waals surface area contributed by atoms with Crippen LogP contribution in [0.4, 0.5) is 17.6 Å². The summed E-state index contributed by atoms with van der Waals surface area (Å²) in [6, 6.07) is 1.94. The van der Waals surface area contributed by atoms with Crippen LogP contribution in [-0.4, -0.2) is 38.9 Å². The minimum atomic E-state index is -4.94. The van der Waals surface area contributed by atoms with E-state index in [4.69, 9.17) is 0 Å². The number of halogens is 5. The molecule has 1 saturated heterocycles. The van der Waals surface area contributed by atoms with Crippen molar-refractivity contribution in [3.05, 3.63) is 29.6 Å². The van der Waals surface area contributed by atoms with Crippen molar-refractivity contribution in [3.8, 4) is 0 Å². The quantitative estimate of drug-likeness (QED) is 0.825. The molecule has 23 heavy (non-hydrogen) atoms. The van der Waals surface area contributed by atoms with E-state index in [0.29, 0.717) is 25.0 Å². The van der Waals surface area contributed by atoms with E-state index in [0.717, 1.165) is 10.4 Å². The van der Waals surface area contributed by atoms with E-state index >= 15 is 0 Å². The summed E-state index contributed by atoms with van der Waals surface area (Å²) in [5, 5.41) is 3.03. The molecule has 0 bridgehead atoms. The molecule has 1 N–H and O–H groups in total. The number of piperidine rings is 1. The van der Waals surface area contributed by atoms with Crippen molar-refractivity contribution in [2.24, 2.45) is 0 Å². The van der Waals surface area contributed by atoms with E-state index in [1.165, 1.54) is 0 Å². The molecule has 0 aliphatic carbocycles. The third-order valence-corrected chi connectivity index (χ3v) is 5.64. The lowest BCUT2D eigenvalue weighted by molar-refractivity contribution is -0.140. The van der Waals surface area contributed by atoms with Crippen molar-refractivity contribution in [3.63, 3.8) is 0 Å². The third-order valence-electron chi connectivity index (χ3n) is 3.74. The maximum absolute atomic E-state index is 13.3. The van der Waals surface area contributed by atoms with Crippen molar-refractivity contribution in [1.29, 1.82) is 0 Å². The Kier molecular flexibility index (Phi) is 6.42. The second-order valence-electron chi connectivity index (χ2n) is 5.11.